The van der Waals surface area contributed by atoms with Crippen molar-refractivity contribution in [1.82, 2.24) is 0 Å². The van der Waals surface area contributed by atoms with Crippen molar-refractivity contribution in [3.8, 4) is 5.75 Å². The van der Waals surface area contributed by atoms with Gasteiger partial charge in [-0.15, -0.1) is 0 Å². The predicted octanol–water partition coefficient (Wildman–Crippen LogP) is 2.57. The Balaban J connectivity index is 1.88. The van der Waals surface area contributed by atoms with E-state index < -0.39 is 10.8 Å². The zero-order chi connectivity index (χ0) is 12.7. The lowest BCUT2D eigenvalue weighted by molar-refractivity contribution is 0.403. The molecule has 4 atom stereocenters. The smallest absolute Gasteiger partial charge is 0.137 e. The summed E-state index contributed by atoms with van der Waals surface area (Å²) >= 11 is 0. The minimum absolute atomic E-state index is 0.321. The van der Waals surface area contributed by atoms with E-state index in [4.69, 9.17) is 10.5 Å². The summed E-state index contributed by atoms with van der Waals surface area (Å²) in [5, 5.41) is 0.321. The lowest BCUT2D eigenvalue weighted by Gasteiger charge is -2.22. The Bertz CT molecular complexity index is 489. The van der Waals surface area contributed by atoms with Crippen molar-refractivity contribution in [3.63, 3.8) is 0 Å². The lowest BCUT2D eigenvalue weighted by Crippen LogP contribution is -2.22. The van der Waals surface area contributed by atoms with Crippen LogP contribution in [0.3, 0.4) is 0 Å². The highest BCUT2D eigenvalue weighted by molar-refractivity contribution is 7.85. The first-order chi connectivity index (χ1) is 8.69. The molecular formula is C14H19NO2S. The lowest BCUT2D eigenvalue weighted by atomic mass is 10.0. The Morgan fingerprint density at radius 3 is 2.78 bits per heavy atom. The maximum Gasteiger partial charge on any atom is 0.137 e. The average Bonchev–Trinajstić information content (AvgIpc) is 3.00. The number of rotatable bonds is 3. The monoisotopic (exact) mass is 265 g/mol. The van der Waals surface area contributed by atoms with Gasteiger partial charge in [-0.05, 0) is 43.2 Å². The van der Waals surface area contributed by atoms with Crippen molar-refractivity contribution in [2.45, 2.75) is 35.8 Å². The minimum Gasteiger partial charge on any atom is -0.495 e. The Morgan fingerprint density at radius 1 is 1.33 bits per heavy atom. The highest BCUT2D eigenvalue weighted by Crippen LogP contribution is 2.48. The van der Waals surface area contributed by atoms with Crippen molar-refractivity contribution in [2.24, 2.45) is 11.8 Å². The van der Waals surface area contributed by atoms with Crippen molar-refractivity contribution in [3.05, 3.63) is 18.2 Å². The van der Waals surface area contributed by atoms with Gasteiger partial charge in [-0.25, -0.2) is 0 Å². The summed E-state index contributed by atoms with van der Waals surface area (Å²) in [6.07, 6.45) is 4.97. The molecule has 0 aliphatic heterocycles. The molecule has 2 saturated carbocycles. The van der Waals surface area contributed by atoms with Crippen molar-refractivity contribution in [1.29, 1.82) is 0 Å². The van der Waals surface area contributed by atoms with Gasteiger partial charge in [-0.3, -0.25) is 4.21 Å². The molecule has 2 aliphatic rings. The molecule has 1 aromatic carbocycles. The topological polar surface area (TPSA) is 52.3 Å². The van der Waals surface area contributed by atoms with Gasteiger partial charge in [0.05, 0.1) is 22.8 Å². The van der Waals surface area contributed by atoms with Crippen LogP contribution in [0.1, 0.15) is 25.7 Å². The van der Waals surface area contributed by atoms with Crippen LogP contribution in [0, 0.1) is 11.8 Å². The molecule has 0 amide bonds. The van der Waals surface area contributed by atoms with Crippen LogP contribution in [0.4, 0.5) is 5.69 Å². The van der Waals surface area contributed by atoms with Crippen molar-refractivity contribution in [2.75, 3.05) is 12.8 Å². The van der Waals surface area contributed by atoms with Gasteiger partial charge in [-0.2, -0.15) is 0 Å². The van der Waals surface area contributed by atoms with Crippen molar-refractivity contribution < 1.29 is 8.95 Å². The molecule has 4 unspecified atom stereocenters. The van der Waals surface area contributed by atoms with E-state index in [-0.39, 0.29) is 0 Å². The van der Waals surface area contributed by atoms with Gasteiger partial charge in [0.1, 0.15) is 5.75 Å². The SMILES string of the molecule is COc1cc(N)ccc1S(=O)C1CC2CCC1C2. The number of nitrogen functional groups attached to an aromatic ring is 1. The molecule has 18 heavy (non-hydrogen) atoms. The molecule has 4 heteroatoms. The fourth-order valence-corrected chi connectivity index (χ4v) is 5.37. The summed E-state index contributed by atoms with van der Waals surface area (Å²) in [4.78, 5) is 0.809. The van der Waals surface area contributed by atoms with Crippen LogP contribution in [0.5, 0.6) is 5.75 Å². The van der Waals surface area contributed by atoms with E-state index in [0.29, 0.717) is 22.6 Å². The third-order valence-corrected chi connectivity index (χ3v) is 6.25. The molecule has 2 aliphatic carbocycles. The second-order valence-electron chi connectivity index (χ2n) is 5.42. The van der Waals surface area contributed by atoms with E-state index in [1.165, 1.54) is 19.3 Å². The molecule has 0 aromatic heterocycles. The second-order valence-corrected chi connectivity index (χ2v) is 7.06. The Labute approximate surface area is 110 Å². The van der Waals surface area contributed by atoms with Crippen LogP contribution in [-0.4, -0.2) is 16.6 Å². The van der Waals surface area contributed by atoms with E-state index in [1.807, 2.05) is 12.1 Å². The third kappa shape index (κ3) is 1.92. The Morgan fingerprint density at radius 2 is 2.17 bits per heavy atom. The summed E-state index contributed by atoms with van der Waals surface area (Å²) in [6, 6.07) is 5.43. The molecule has 2 bridgehead atoms. The van der Waals surface area contributed by atoms with Crippen LogP contribution in [0.15, 0.2) is 23.1 Å². The molecule has 0 heterocycles. The quantitative estimate of drug-likeness (QED) is 0.855. The molecule has 2 N–H and O–H groups in total. The fourth-order valence-electron chi connectivity index (χ4n) is 3.46. The molecule has 0 radical (unpaired) electrons. The summed E-state index contributed by atoms with van der Waals surface area (Å²) in [5.74, 6) is 2.12. The molecule has 1 aromatic rings. The predicted molar refractivity (Wildman–Crippen MR) is 73.1 cm³/mol. The molecule has 2 fully saturated rings. The number of ether oxygens (including phenoxy) is 1. The molecule has 0 spiro atoms. The number of fused-ring (bicyclic) bond motifs is 2. The number of methoxy groups -OCH3 is 1. The normalized spacial score (nSPS) is 31.5. The molecular weight excluding hydrogens is 246 g/mol. The third-order valence-electron chi connectivity index (χ3n) is 4.35. The van der Waals surface area contributed by atoms with Gasteiger partial charge in [0.15, 0.2) is 0 Å². The number of benzene rings is 1. The first-order valence-electron chi connectivity index (χ1n) is 6.53. The van der Waals surface area contributed by atoms with E-state index in [9.17, 15) is 4.21 Å². The number of hydrogen-bond donors (Lipinski definition) is 1. The minimum atomic E-state index is -0.959. The van der Waals surface area contributed by atoms with Crippen molar-refractivity contribution >= 4 is 16.5 Å². The maximum absolute atomic E-state index is 12.7. The Hall–Kier alpha value is -1.03. The molecule has 0 saturated heterocycles. The van der Waals surface area contributed by atoms with E-state index in [2.05, 4.69) is 0 Å². The number of anilines is 1. The fraction of sp³-hybridized carbons (Fsp3) is 0.571. The van der Waals surface area contributed by atoms with Gasteiger partial charge < -0.3 is 10.5 Å². The summed E-state index contributed by atoms with van der Waals surface area (Å²) < 4.78 is 18.0. The first-order valence-corrected chi connectivity index (χ1v) is 7.74. The average molecular weight is 265 g/mol. The molecule has 3 nitrogen and oxygen atoms in total. The number of hydrogen-bond acceptors (Lipinski definition) is 3. The van der Waals surface area contributed by atoms with Crippen LogP contribution in [-0.2, 0) is 10.8 Å². The zero-order valence-electron chi connectivity index (χ0n) is 10.6. The Kier molecular flexibility index (Phi) is 3.06. The van der Waals surface area contributed by atoms with E-state index in [0.717, 1.165) is 17.2 Å². The molecule has 98 valence electrons. The second kappa shape index (κ2) is 4.57. The van der Waals surface area contributed by atoms with Crippen LogP contribution >= 0.6 is 0 Å². The highest BCUT2D eigenvalue weighted by atomic mass is 32.2. The maximum atomic E-state index is 12.7. The van der Waals surface area contributed by atoms with E-state index >= 15 is 0 Å². The number of nitrogens with two attached hydrogens (primary N) is 1. The summed E-state index contributed by atoms with van der Waals surface area (Å²) in [7, 11) is 0.649. The van der Waals surface area contributed by atoms with Gasteiger partial charge in [0.25, 0.3) is 0 Å². The van der Waals surface area contributed by atoms with Gasteiger partial charge >= 0.3 is 0 Å². The van der Waals surface area contributed by atoms with Crippen LogP contribution < -0.4 is 10.5 Å². The highest BCUT2D eigenvalue weighted by Gasteiger charge is 2.43. The van der Waals surface area contributed by atoms with Crippen LogP contribution in [0.2, 0.25) is 0 Å². The van der Waals surface area contributed by atoms with Gasteiger partial charge in [-0.1, -0.05) is 6.42 Å². The first kappa shape index (κ1) is 12.0. The summed E-state index contributed by atoms with van der Waals surface area (Å²) in [5.41, 5.74) is 6.39. The van der Waals surface area contributed by atoms with Gasteiger partial charge in [0, 0.05) is 17.0 Å². The standard InChI is InChI=1S/C14H19NO2S/c1-17-12-8-11(15)4-5-13(12)18(16)14-7-9-2-3-10(14)6-9/h4-5,8-10,14H,2-3,6-7,15H2,1H3. The van der Waals surface area contributed by atoms with Crippen LogP contribution in [0.25, 0.3) is 0 Å². The van der Waals surface area contributed by atoms with Gasteiger partial charge in [0.2, 0.25) is 0 Å². The van der Waals surface area contributed by atoms with E-state index in [1.54, 1.807) is 13.2 Å². The molecule has 3 rings (SSSR count). The largest absolute Gasteiger partial charge is 0.495 e. The zero-order valence-corrected chi connectivity index (χ0v) is 11.4. The summed E-state index contributed by atoms with van der Waals surface area (Å²) in [6.45, 7) is 0.